The van der Waals surface area contributed by atoms with Crippen molar-refractivity contribution in [3.05, 3.63) is 95.9 Å². The van der Waals surface area contributed by atoms with E-state index in [-0.39, 0.29) is 35.1 Å². The van der Waals surface area contributed by atoms with Crippen molar-refractivity contribution in [2.24, 2.45) is 17.8 Å². The maximum absolute atomic E-state index is 13.0. The third-order valence-corrected chi connectivity index (χ3v) is 13.7. The van der Waals surface area contributed by atoms with Crippen LogP contribution in [-0.2, 0) is 10.2 Å². The van der Waals surface area contributed by atoms with E-state index in [2.05, 4.69) is 87.1 Å². The molecular formula is C49H56N12O4. The van der Waals surface area contributed by atoms with Gasteiger partial charge in [0, 0.05) is 98.3 Å². The van der Waals surface area contributed by atoms with Gasteiger partial charge in [0.2, 0.25) is 11.8 Å². The summed E-state index contributed by atoms with van der Waals surface area (Å²) in [5.74, 6) is 1.87. The van der Waals surface area contributed by atoms with Gasteiger partial charge in [0.25, 0.3) is 11.7 Å². The number of H-pyrrole nitrogens is 1. The number of pyridine rings is 2. The molecule has 16 heteroatoms. The summed E-state index contributed by atoms with van der Waals surface area (Å²) >= 11 is 0. The molecule has 0 spiro atoms. The van der Waals surface area contributed by atoms with Gasteiger partial charge in [-0.1, -0.05) is 38.1 Å². The number of aromatic amines is 1. The van der Waals surface area contributed by atoms with Crippen LogP contribution in [0.1, 0.15) is 80.6 Å². The number of nitrogens with zero attached hydrogens (tertiary/aromatic N) is 9. The normalized spacial score (nSPS) is 20.1. The molecule has 0 saturated carbocycles. The highest BCUT2D eigenvalue weighted by molar-refractivity contribution is 6.05. The Hall–Kier alpha value is -6.68. The van der Waals surface area contributed by atoms with E-state index in [9.17, 15) is 14.4 Å². The fourth-order valence-electron chi connectivity index (χ4n) is 10.1. The predicted molar refractivity (Wildman–Crippen MR) is 249 cm³/mol. The van der Waals surface area contributed by atoms with Gasteiger partial charge in [-0.25, -0.2) is 9.78 Å². The van der Waals surface area contributed by atoms with Crippen molar-refractivity contribution in [1.29, 1.82) is 0 Å². The first-order chi connectivity index (χ1) is 31.3. The zero-order chi connectivity index (χ0) is 45.0. The number of rotatable bonds is 10. The lowest BCUT2D eigenvalue weighted by molar-refractivity contribution is -0.120. The summed E-state index contributed by atoms with van der Waals surface area (Å²) in [4.78, 5) is 60.0. The predicted octanol–water partition coefficient (Wildman–Crippen LogP) is 6.90. The van der Waals surface area contributed by atoms with Gasteiger partial charge in [-0.15, -0.1) is 0 Å². The Kier molecular flexibility index (Phi) is 11.1. The van der Waals surface area contributed by atoms with Crippen LogP contribution < -0.4 is 25.3 Å². The van der Waals surface area contributed by atoms with Crippen LogP contribution in [0.15, 0.2) is 77.6 Å². The molecule has 4 fully saturated rings. The van der Waals surface area contributed by atoms with Crippen LogP contribution in [0.5, 0.6) is 0 Å². The summed E-state index contributed by atoms with van der Waals surface area (Å²) in [6.07, 6.45) is 6.52. The number of aryl methyl sites for hydroxylation is 1. The minimum absolute atomic E-state index is 0.0219. The van der Waals surface area contributed by atoms with E-state index in [1.807, 2.05) is 71.3 Å². The average Bonchev–Trinajstić information content (AvgIpc) is 4.11. The molecule has 0 radical (unpaired) electrons. The first-order valence-corrected chi connectivity index (χ1v) is 22.8. The molecule has 4 aromatic heterocycles. The van der Waals surface area contributed by atoms with E-state index in [4.69, 9.17) is 9.51 Å². The molecule has 65 heavy (non-hydrogen) atoms. The number of aromatic nitrogens is 6. The van der Waals surface area contributed by atoms with Gasteiger partial charge in [0.15, 0.2) is 5.65 Å². The highest BCUT2D eigenvalue weighted by Gasteiger charge is 2.41. The lowest BCUT2D eigenvalue weighted by Gasteiger charge is -2.36. The lowest BCUT2D eigenvalue weighted by atomic mass is 9.95. The molecule has 2 aromatic carbocycles. The third-order valence-electron chi connectivity index (χ3n) is 13.7. The summed E-state index contributed by atoms with van der Waals surface area (Å²) in [6.45, 7) is 17.9. The largest absolute Gasteiger partial charge is 0.372 e. The highest BCUT2D eigenvalue weighted by atomic mass is 16.5. The molecule has 4 aliphatic heterocycles. The maximum atomic E-state index is 13.0. The van der Waals surface area contributed by atoms with Crippen molar-refractivity contribution >= 4 is 45.9 Å². The van der Waals surface area contributed by atoms with Gasteiger partial charge in [-0.05, 0) is 104 Å². The van der Waals surface area contributed by atoms with Gasteiger partial charge in [0.05, 0.1) is 29.3 Å². The first kappa shape index (κ1) is 42.3. The van der Waals surface area contributed by atoms with Gasteiger partial charge in [0.1, 0.15) is 0 Å². The molecule has 2 unspecified atom stereocenters. The summed E-state index contributed by atoms with van der Waals surface area (Å²) < 4.78 is 5.32. The van der Waals surface area contributed by atoms with Crippen LogP contribution in [-0.4, -0.2) is 105 Å². The Morgan fingerprint density at radius 3 is 2.28 bits per heavy atom. The van der Waals surface area contributed by atoms with E-state index in [1.165, 1.54) is 25.1 Å². The number of nitrogens with one attached hydrogen (secondary N) is 3. The van der Waals surface area contributed by atoms with Crippen molar-refractivity contribution < 1.29 is 18.9 Å². The van der Waals surface area contributed by atoms with E-state index in [0.29, 0.717) is 42.3 Å². The highest BCUT2D eigenvalue weighted by Crippen LogP contribution is 2.37. The number of hydrogen-bond donors (Lipinski definition) is 3. The number of urea groups is 1. The number of carbonyl (C=O) groups excluding carboxylic acids is 3. The zero-order valence-corrected chi connectivity index (χ0v) is 37.7. The van der Waals surface area contributed by atoms with Crippen LogP contribution in [0.3, 0.4) is 0 Å². The van der Waals surface area contributed by atoms with Crippen LogP contribution in [0.4, 0.5) is 21.9 Å². The van der Waals surface area contributed by atoms with Crippen molar-refractivity contribution in [3.8, 4) is 22.5 Å². The molecule has 16 nitrogen and oxygen atoms in total. The molecule has 0 aliphatic carbocycles. The first-order valence-electron chi connectivity index (χ1n) is 22.8. The number of imide groups is 1. The van der Waals surface area contributed by atoms with E-state index < -0.39 is 0 Å². The quantitative estimate of drug-likeness (QED) is 0.130. The Labute approximate surface area is 378 Å². The lowest BCUT2D eigenvalue weighted by Crippen LogP contribution is -2.49. The number of piperidine rings is 1. The minimum atomic E-state index is -0.384. The Morgan fingerprint density at radius 2 is 1.60 bits per heavy atom. The fraction of sp³-hybridized carbons (Fsp3) is 0.429. The smallest absolute Gasteiger partial charge is 0.328 e. The number of fused-ring (bicyclic) bond motifs is 2. The summed E-state index contributed by atoms with van der Waals surface area (Å²) in [6, 6.07) is 20.1. The molecule has 8 heterocycles. The van der Waals surface area contributed by atoms with E-state index in [1.54, 1.807) is 4.90 Å². The van der Waals surface area contributed by atoms with Crippen LogP contribution in [0, 0.1) is 24.7 Å². The molecule has 0 bridgehead atoms. The second-order valence-corrected chi connectivity index (χ2v) is 19.4. The molecule has 4 amide bonds. The number of carbonyl (C=O) groups is 3. The van der Waals surface area contributed by atoms with Gasteiger partial charge in [-0.3, -0.25) is 29.9 Å². The van der Waals surface area contributed by atoms with Gasteiger partial charge >= 0.3 is 6.03 Å². The van der Waals surface area contributed by atoms with E-state index in [0.717, 1.165) is 89.7 Å². The number of anilines is 3. The molecule has 3 N–H and O–H groups in total. The zero-order valence-electron chi connectivity index (χ0n) is 37.7. The fourth-order valence-corrected chi connectivity index (χ4v) is 10.1. The van der Waals surface area contributed by atoms with Crippen molar-refractivity contribution in [1.82, 2.24) is 45.8 Å². The molecule has 4 saturated heterocycles. The summed E-state index contributed by atoms with van der Waals surface area (Å²) in [7, 11) is 0. The molecular weight excluding hydrogens is 821 g/mol. The second-order valence-electron chi connectivity index (χ2n) is 19.4. The second kappa shape index (κ2) is 17.0. The topological polar surface area (TPSA) is 182 Å². The van der Waals surface area contributed by atoms with Crippen molar-refractivity contribution in [3.63, 3.8) is 0 Å². The summed E-state index contributed by atoms with van der Waals surface area (Å²) in [5, 5.41) is 17.9. The Bertz CT molecular complexity index is 2720. The van der Waals surface area contributed by atoms with Crippen molar-refractivity contribution in [2.75, 3.05) is 67.1 Å². The Morgan fingerprint density at radius 1 is 0.862 bits per heavy atom. The third kappa shape index (κ3) is 8.66. The van der Waals surface area contributed by atoms with E-state index >= 15 is 0 Å². The Balaban J connectivity index is 0.715. The summed E-state index contributed by atoms with van der Waals surface area (Å²) in [5.41, 5.74) is 9.09. The molecule has 4 aliphatic rings. The average molecular weight is 877 g/mol. The molecule has 3 atom stereocenters. The van der Waals surface area contributed by atoms with Crippen molar-refractivity contribution in [2.45, 2.75) is 65.3 Å². The number of likely N-dealkylation sites (tertiary alicyclic amines) is 1. The number of benzene rings is 2. The number of hydrogen-bond acceptors (Lipinski definition) is 12. The van der Waals surface area contributed by atoms with Crippen LogP contribution in [0.2, 0.25) is 0 Å². The standard InChI is InChI=1S/C49H56N12O4/c1-29-20-32(6-12-39(29)30(2)52-46(63)45-54-47(65-57-45)49(3,4)5)43-40-21-33(22-51-44(40)56-55-43)41-13-11-38(23-50-41)60-27-34-25-58(26-35(34)28-60)24-31-14-17-59(18-15-31)36-7-9-37(10-8-36)61-19-16-42(62)53-48(61)64/h6-13,20-23,30-31,34-35H,14-19,24-28H2,1-5H3,(H,52,63)(H,51,55,56)(H,53,62,64)/t30-,34?,35?/m1/s1. The number of amides is 4. The molecule has 6 aromatic rings. The minimum Gasteiger partial charge on any atom is -0.372 e. The van der Waals surface area contributed by atoms with Gasteiger partial charge < -0.3 is 24.5 Å². The SMILES string of the molecule is Cc1cc(-c2[nH]nc3ncc(-c4ccc(N5CC6CN(CC7CCN(c8ccc(N9CCC(=O)NC9=O)cc8)CC7)CC6C5)cn4)cc23)ccc1[C@@H](C)NC(=O)c1noc(C(C)(C)C)n1. The molecule has 10 rings (SSSR count). The molecule has 336 valence electrons. The van der Waals surface area contributed by atoms with Crippen LogP contribution >= 0.6 is 0 Å². The monoisotopic (exact) mass is 876 g/mol. The van der Waals surface area contributed by atoms with Crippen LogP contribution in [0.25, 0.3) is 33.5 Å². The maximum Gasteiger partial charge on any atom is 0.328 e. The van der Waals surface area contributed by atoms with Gasteiger partial charge in [-0.2, -0.15) is 10.1 Å².